The molecule has 1 saturated heterocycles. The second kappa shape index (κ2) is 6.74. The van der Waals surface area contributed by atoms with Gasteiger partial charge in [0.05, 0.1) is 0 Å². The number of carbonyl (C=O) groups excluding carboxylic acids is 2. The third-order valence-electron chi connectivity index (χ3n) is 4.00. The molecule has 3 rings (SSSR count). The van der Waals surface area contributed by atoms with Crippen LogP contribution < -0.4 is 10.2 Å². The lowest BCUT2D eigenvalue weighted by Gasteiger charge is -2.18. The quantitative estimate of drug-likeness (QED) is 0.939. The lowest BCUT2D eigenvalue weighted by molar-refractivity contribution is -0.116. The van der Waals surface area contributed by atoms with E-state index in [-0.39, 0.29) is 18.5 Å². The van der Waals surface area contributed by atoms with Crippen molar-refractivity contribution in [2.24, 2.45) is 0 Å². The fourth-order valence-electron chi connectivity index (χ4n) is 3.00. The average Bonchev–Trinajstić information content (AvgIpc) is 2.88. The van der Waals surface area contributed by atoms with Gasteiger partial charge in [0, 0.05) is 24.5 Å². The lowest BCUT2D eigenvalue weighted by atomic mass is 10.1. The molecule has 2 aromatic carbocycles. The molecule has 0 bridgehead atoms. The molecule has 124 valence electrons. The number of amides is 3. The van der Waals surface area contributed by atoms with E-state index in [1.165, 1.54) is 0 Å². The molecular formula is C19H21N3O2. The first-order valence-electron chi connectivity index (χ1n) is 8.02. The Labute approximate surface area is 141 Å². The number of hydrogen-bond acceptors (Lipinski definition) is 2. The Hall–Kier alpha value is -2.82. The van der Waals surface area contributed by atoms with Crippen LogP contribution in [0.3, 0.4) is 0 Å². The van der Waals surface area contributed by atoms with Crippen LogP contribution in [0.5, 0.6) is 0 Å². The summed E-state index contributed by atoms with van der Waals surface area (Å²) in [5.74, 6) is -0.178. The summed E-state index contributed by atoms with van der Waals surface area (Å²) in [6, 6.07) is 15.3. The van der Waals surface area contributed by atoms with E-state index in [0.717, 1.165) is 22.5 Å². The number of anilines is 2. The van der Waals surface area contributed by atoms with Crippen molar-refractivity contribution in [3.8, 4) is 0 Å². The molecule has 0 aliphatic carbocycles. The first-order chi connectivity index (χ1) is 11.5. The van der Waals surface area contributed by atoms with Gasteiger partial charge in [-0.05, 0) is 49.2 Å². The Morgan fingerprint density at radius 1 is 1.04 bits per heavy atom. The van der Waals surface area contributed by atoms with Crippen molar-refractivity contribution in [3.63, 3.8) is 0 Å². The first kappa shape index (κ1) is 16.1. The summed E-state index contributed by atoms with van der Waals surface area (Å²) in [7, 11) is 0. The number of rotatable bonds is 4. The maximum absolute atomic E-state index is 12.5. The summed E-state index contributed by atoms with van der Waals surface area (Å²) in [5.41, 5.74) is 3.82. The Morgan fingerprint density at radius 3 is 2.38 bits per heavy atom. The molecule has 1 aliphatic rings. The zero-order chi connectivity index (χ0) is 17.1. The smallest absolute Gasteiger partial charge is 0.325 e. The fraction of sp³-hybridized carbons (Fsp3) is 0.263. The van der Waals surface area contributed by atoms with Gasteiger partial charge in [-0.15, -0.1) is 0 Å². The van der Waals surface area contributed by atoms with Crippen LogP contribution in [0.4, 0.5) is 16.2 Å². The van der Waals surface area contributed by atoms with Crippen molar-refractivity contribution in [1.82, 2.24) is 4.90 Å². The number of hydrogen-bond donors (Lipinski definition) is 1. The van der Waals surface area contributed by atoms with E-state index in [9.17, 15) is 9.59 Å². The van der Waals surface area contributed by atoms with Gasteiger partial charge in [-0.2, -0.15) is 0 Å². The molecule has 24 heavy (non-hydrogen) atoms. The second-order valence-corrected chi connectivity index (χ2v) is 6.12. The topological polar surface area (TPSA) is 52.7 Å². The van der Waals surface area contributed by atoms with Gasteiger partial charge >= 0.3 is 6.03 Å². The predicted molar refractivity (Wildman–Crippen MR) is 95.3 cm³/mol. The Bertz CT molecular complexity index is 738. The molecule has 0 radical (unpaired) electrons. The Balaban J connectivity index is 1.62. The van der Waals surface area contributed by atoms with E-state index in [1.807, 2.05) is 56.3 Å². The van der Waals surface area contributed by atoms with Gasteiger partial charge < -0.3 is 10.2 Å². The molecule has 0 spiro atoms. The molecule has 0 aromatic heterocycles. The molecule has 1 aliphatic heterocycles. The van der Waals surface area contributed by atoms with Crippen LogP contribution in [0.25, 0.3) is 0 Å². The van der Waals surface area contributed by atoms with E-state index in [1.54, 1.807) is 9.80 Å². The summed E-state index contributed by atoms with van der Waals surface area (Å²) in [6.45, 7) is 5.19. The number of carbonyl (C=O) groups is 2. The van der Waals surface area contributed by atoms with Gasteiger partial charge in [0.2, 0.25) is 5.91 Å². The molecule has 1 N–H and O–H groups in total. The molecule has 1 heterocycles. The van der Waals surface area contributed by atoms with Crippen molar-refractivity contribution in [2.75, 3.05) is 29.9 Å². The SMILES string of the molecule is Cc1cc(C)cc(NC(=O)CN2CCN(c3ccccc3)C2=O)c1. The Morgan fingerprint density at radius 2 is 1.71 bits per heavy atom. The van der Waals surface area contributed by atoms with E-state index < -0.39 is 0 Å². The van der Waals surface area contributed by atoms with Crippen molar-refractivity contribution >= 4 is 23.3 Å². The van der Waals surface area contributed by atoms with E-state index in [0.29, 0.717) is 13.1 Å². The number of urea groups is 1. The van der Waals surface area contributed by atoms with Crippen molar-refractivity contribution in [3.05, 3.63) is 59.7 Å². The van der Waals surface area contributed by atoms with Gasteiger partial charge in [-0.1, -0.05) is 24.3 Å². The monoisotopic (exact) mass is 323 g/mol. The minimum atomic E-state index is -0.178. The number of aryl methyl sites for hydroxylation is 2. The van der Waals surface area contributed by atoms with Gasteiger partial charge in [-0.25, -0.2) is 4.79 Å². The molecule has 5 heteroatoms. The summed E-state index contributed by atoms with van der Waals surface area (Å²) in [4.78, 5) is 28.0. The third-order valence-corrected chi connectivity index (χ3v) is 4.00. The highest BCUT2D eigenvalue weighted by molar-refractivity contribution is 5.99. The molecule has 1 fully saturated rings. The maximum Gasteiger partial charge on any atom is 0.325 e. The van der Waals surface area contributed by atoms with Crippen LogP contribution in [-0.2, 0) is 4.79 Å². The number of benzene rings is 2. The summed E-state index contributed by atoms with van der Waals surface area (Å²) in [5, 5.41) is 2.87. The summed E-state index contributed by atoms with van der Waals surface area (Å²) in [6.07, 6.45) is 0. The predicted octanol–water partition coefficient (Wildman–Crippen LogP) is 3.18. The third kappa shape index (κ3) is 3.56. The highest BCUT2D eigenvalue weighted by Crippen LogP contribution is 2.20. The van der Waals surface area contributed by atoms with Crippen LogP contribution in [0.1, 0.15) is 11.1 Å². The average molecular weight is 323 g/mol. The zero-order valence-electron chi connectivity index (χ0n) is 14.0. The lowest BCUT2D eigenvalue weighted by Crippen LogP contribution is -2.37. The van der Waals surface area contributed by atoms with Crippen molar-refractivity contribution in [2.45, 2.75) is 13.8 Å². The van der Waals surface area contributed by atoms with E-state index in [2.05, 4.69) is 11.4 Å². The molecule has 0 unspecified atom stereocenters. The highest BCUT2D eigenvalue weighted by Gasteiger charge is 2.30. The molecule has 2 aromatic rings. The van der Waals surface area contributed by atoms with Crippen LogP contribution in [0.15, 0.2) is 48.5 Å². The second-order valence-electron chi connectivity index (χ2n) is 6.12. The maximum atomic E-state index is 12.5. The molecular weight excluding hydrogens is 302 g/mol. The van der Waals surface area contributed by atoms with Crippen molar-refractivity contribution < 1.29 is 9.59 Å². The first-order valence-corrected chi connectivity index (χ1v) is 8.02. The van der Waals surface area contributed by atoms with Gasteiger partial charge in [0.25, 0.3) is 0 Å². The molecule has 3 amide bonds. The highest BCUT2D eigenvalue weighted by atomic mass is 16.2. The van der Waals surface area contributed by atoms with E-state index in [4.69, 9.17) is 0 Å². The van der Waals surface area contributed by atoms with Crippen LogP contribution >= 0.6 is 0 Å². The molecule has 0 atom stereocenters. The largest absolute Gasteiger partial charge is 0.325 e. The number of para-hydroxylation sites is 1. The van der Waals surface area contributed by atoms with Crippen molar-refractivity contribution in [1.29, 1.82) is 0 Å². The minimum absolute atomic E-state index is 0.0646. The van der Waals surface area contributed by atoms with Crippen LogP contribution in [-0.4, -0.2) is 36.5 Å². The van der Waals surface area contributed by atoms with Crippen LogP contribution in [0.2, 0.25) is 0 Å². The van der Waals surface area contributed by atoms with Gasteiger partial charge in [0.1, 0.15) is 6.54 Å². The molecule has 5 nitrogen and oxygen atoms in total. The van der Waals surface area contributed by atoms with E-state index >= 15 is 0 Å². The normalized spacial score (nSPS) is 14.2. The minimum Gasteiger partial charge on any atom is -0.325 e. The number of nitrogens with zero attached hydrogens (tertiary/aromatic N) is 2. The zero-order valence-corrected chi connectivity index (χ0v) is 14.0. The fourth-order valence-corrected chi connectivity index (χ4v) is 3.00. The van der Waals surface area contributed by atoms with Crippen LogP contribution in [0, 0.1) is 13.8 Å². The Kier molecular flexibility index (Phi) is 4.51. The van der Waals surface area contributed by atoms with Gasteiger partial charge in [0.15, 0.2) is 0 Å². The summed E-state index contributed by atoms with van der Waals surface area (Å²) < 4.78 is 0. The standard InChI is InChI=1S/C19H21N3O2/c1-14-10-15(2)12-16(11-14)20-18(23)13-21-8-9-22(19(21)24)17-6-4-3-5-7-17/h3-7,10-12H,8-9,13H2,1-2H3,(H,20,23). The van der Waals surface area contributed by atoms with Gasteiger partial charge in [-0.3, -0.25) is 9.69 Å². The summed E-state index contributed by atoms with van der Waals surface area (Å²) >= 11 is 0. The number of nitrogens with one attached hydrogen (secondary N) is 1. The molecule has 0 saturated carbocycles.